The lowest BCUT2D eigenvalue weighted by atomic mass is 10.2. The molecule has 0 unspecified atom stereocenters. The molecule has 1 aromatic rings. The minimum absolute atomic E-state index is 0.0427. The number of nitrogens with zero attached hydrogens (tertiary/aromatic N) is 2. The molecule has 2 rings (SSSR count). The molecular formula is C11H12N2O4. The second kappa shape index (κ2) is 4.82. The third-order valence-corrected chi connectivity index (χ3v) is 2.60. The smallest absolute Gasteiger partial charge is 0.273 e. The Morgan fingerprint density at radius 2 is 2.24 bits per heavy atom. The molecule has 1 aliphatic rings. The maximum absolute atomic E-state index is 11.5. The third-order valence-electron chi connectivity index (χ3n) is 2.60. The van der Waals surface area contributed by atoms with E-state index in [9.17, 15) is 14.9 Å². The Morgan fingerprint density at radius 3 is 2.82 bits per heavy atom. The van der Waals surface area contributed by atoms with E-state index in [1.807, 2.05) is 0 Å². The molecule has 1 amide bonds. The van der Waals surface area contributed by atoms with Crippen LogP contribution in [0.1, 0.15) is 6.42 Å². The highest BCUT2D eigenvalue weighted by Gasteiger charge is 2.20. The van der Waals surface area contributed by atoms with Crippen LogP contribution in [-0.4, -0.2) is 35.4 Å². The first-order chi connectivity index (χ1) is 8.16. The number of hydrogen-bond acceptors (Lipinski definition) is 4. The summed E-state index contributed by atoms with van der Waals surface area (Å²) in [4.78, 5) is 23.2. The van der Waals surface area contributed by atoms with Gasteiger partial charge in [-0.2, -0.15) is 0 Å². The zero-order chi connectivity index (χ0) is 12.3. The normalized spacial score (nSPS) is 14.0. The lowest BCUT2D eigenvalue weighted by Gasteiger charge is -2.30. The van der Waals surface area contributed by atoms with Crippen LogP contribution in [-0.2, 0) is 4.79 Å². The van der Waals surface area contributed by atoms with E-state index in [-0.39, 0.29) is 18.2 Å². The van der Waals surface area contributed by atoms with Crippen molar-refractivity contribution in [2.24, 2.45) is 0 Å². The fraction of sp³-hybridized carbons (Fsp3) is 0.364. The van der Waals surface area contributed by atoms with Crippen molar-refractivity contribution in [3.63, 3.8) is 0 Å². The van der Waals surface area contributed by atoms with Gasteiger partial charge in [0.2, 0.25) is 0 Å². The van der Waals surface area contributed by atoms with E-state index in [0.29, 0.717) is 5.75 Å². The summed E-state index contributed by atoms with van der Waals surface area (Å²) >= 11 is 0. The molecule has 0 N–H and O–H groups in total. The zero-order valence-electron chi connectivity index (χ0n) is 9.17. The van der Waals surface area contributed by atoms with Crippen LogP contribution in [0.3, 0.4) is 0 Å². The largest absolute Gasteiger partial charge is 0.484 e. The lowest BCUT2D eigenvalue weighted by molar-refractivity contribution is -0.384. The van der Waals surface area contributed by atoms with Crippen molar-refractivity contribution in [1.29, 1.82) is 0 Å². The number of hydrogen-bond donors (Lipinski definition) is 0. The van der Waals surface area contributed by atoms with Gasteiger partial charge in [-0.15, -0.1) is 0 Å². The zero-order valence-corrected chi connectivity index (χ0v) is 9.17. The van der Waals surface area contributed by atoms with Crippen LogP contribution < -0.4 is 4.74 Å². The van der Waals surface area contributed by atoms with Gasteiger partial charge in [0.05, 0.1) is 11.0 Å². The van der Waals surface area contributed by atoms with Gasteiger partial charge in [0, 0.05) is 19.2 Å². The van der Waals surface area contributed by atoms with Crippen molar-refractivity contribution < 1.29 is 14.5 Å². The molecule has 0 saturated carbocycles. The highest BCUT2D eigenvalue weighted by molar-refractivity contribution is 5.78. The van der Waals surface area contributed by atoms with Gasteiger partial charge in [-0.1, -0.05) is 6.07 Å². The Labute approximate surface area is 97.9 Å². The van der Waals surface area contributed by atoms with E-state index >= 15 is 0 Å². The van der Waals surface area contributed by atoms with Gasteiger partial charge < -0.3 is 9.64 Å². The summed E-state index contributed by atoms with van der Waals surface area (Å²) in [6.45, 7) is 1.48. The van der Waals surface area contributed by atoms with E-state index in [4.69, 9.17) is 4.74 Å². The van der Waals surface area contributed by atoms with Crippen molar-refractivity contribution >= 4 is 11.6 Å². The molecule has 90 valence electrons. The van der Waals surface area contributed by atoms with Gasteiger partial charge in [-0.05, 0) is 12.5 Å². The molecule has 6 heteroatoms. The summed E-state index contributed by atoms with van der Waals surface area (Å²) in [5.41, 5.74) is -0.0427. The Hall–Kier alpha value is -2.11. The van der Waals surface area contributed by atoms with Gasteiger partial charge >= 0.3 is 0 Å². The molecule has 1 heterocycles. The molecule has 0 bridgehead atoms. The maximum atomic E-state index is 11.5. The number of benzene rings is 1. The van der Waals surface area contributed by atoms with Crippen LogP contribution in [0.2, 0.25) is 0 Å². The van der Waals surface area contributed by atoms with Crippen LogP contribution in [0.4, 0.5) is 5.69 Å². The van der Waals surface area contributed by atoms with E-state index in [1.54, 1.807) is 11.0 Å². The monoisotopic (exact) mass is 236 g/mol. The predicted octanol–water partition coefficient (Wildman–Crippen LogP) is 1.21. The van der Waals surface area contributed by atoms with Crippen molar-refractivity contribution in [2.75, 3.05) is 19.7 Å². The van der Waals surface area contributed by atoms with Gasteiger partial charge in [0.25, 0.3) is 11.6 Å². The number of rotatable bonds is 4. The average molecular weight is 236 g/mol. The van der Waals surface area contributed by atoms with Gasteiger partial charge in [-0.3, -0.25) is 14.9 Å². The predicted molar refractivity (Wildman–Crippen MR) is 59.8 cm³/mol. The Balaban J connectivity index is 1.91. The number of non-ortho nitro benzene ring substituents is 1. The Kier molecular flexibility index (Phi) is 3.22. The number of carbonyl (C=O) groups is 1. The minimum Gasteiger partial charge on any atom is -0.484 e. The topological polar surface area (TPSA) is 72.7 Å². The summed E-state index contributed by atoms with van der Waals surface area (Å²) in [6, 6.07) is 5.81. The summed E-state index contributed by atoms with van der Waals surface area (Å²) in [6.07, 6.45) is 1.03. The second-order valence-corrected chi connectivity index (χ2v) is 3.78. The van der Waals surface area contributed by atoms with Crippen molar-refractivity contribution in [2.45, 2.75) is 6.42 Å². The number of carbonyl (C=O) groups excluding carboxylic acids is 1. The molecule has 0 atom stereocenters. The molecule has 6 nitrogen and oxygen atoms in total. The minimum atomic E-state index is -0.496. The standard InChI is InChI=1S/C11H12N2O4/c14-11(12-5-2-6-12)8-17-10-4-1-3-9(7-10)13(15)16/h1,3-4,7H,2,5-6,8H2. The average Bonchev–Trinajstić information content (AvgIpc) is 2.24. The molecule has 0 aliphatic carbocycles. The highest BCUT2D eigenvalue weighted by Crippen LogP contribution is 2.19. The molecule has 1 aliphatic heterocycles. The van der Waals surface area contributed by atoms with Gasteiger partial charge in [0.1, 0.15) is 5.75 Å². The van der Waals surface area contributed by atoms with Gasteiger partial charge in [0.15, 0.2) is 6.61 Å². The second-order valence-electron chi connectivity index (χ2n) is 3.78. The molecule has 1 fully saturated rings. The number of amides is 1. The summed E-state index contributed by atoms with van der Waals surface area (Å²) < 4.78 is 5.22. The number of nitro benzene ring substituents is 1. The molecule has 17 heavy (non-hydrogen) atoms. The van der Waals surface area contributed by atoms with Crippen LogP contribution in [0, 0.1) is 10.1 Å². The lowest BCUT2D eigenvalue weighted by Crippen LogP contribution is -2.44. The Morgan fingerprint density at radius 1 is 1.47 bits per heavy atom. The first kappa shape index (κ1) is 11.4. The van der Waals surface area contributed by atoms with Crippen molar-refractivity contribution in [3.05, 3.63) is 34.4 Å². The molecule has 0 radical (unpaired) electrons. The molecule has 0 spiro atoms. The molecular weight excluding hydrogens is 224 g/mol. The SMILES string of the molecule is O=C(COc1cccc([N+](=O)[O-])c1)N1CCC1. The van der Waals surface area contributed by atoms with E-state index in [0.717, 1.165) is 19.5 Å². The van der Waals surface area contributed by atoms with E-state index < -0.39 is 4.92 Å². The number of nitro groups is 1. The third kappa shape index (κ3) is 2.72. The maximum Gasteiger partial charge on any atom is 0.273 e. The van der Waals surface area contributed by atoms with Crippen LogP contribution in [0.5, 0.6) is 5.75 Å². The van der Waals surface area contributed by atoms with Crippen LogP contribution >= 0.6 is 0 Å². The fourth-order valence-electron chi connectivity index (χ4n) is 1.49. The van der Waals surface area contributed by atoms with Gasteiger partial charge in [-0.25, -0.2) is 0 Å². The summed E-state index contributed by atoms with van der Waals surface area (Å²) in [5, 5.41) is 10.5. The van der Waals surface area contributed by atoms with Crippen LogP contribution in [0.15, 0.2) is 24.3 Å². The van der Waals surface area contributed by atoms with E-state index in [1.165, 1.54) is 18.2 Å². The molecule has 0 aromatic heterocycles. The molecule has 1 aromatic carbocycles. The number of likely N-dealkylation sites (tertiary alicyclic amines) is 1. The first-order valence-corrected chi connectivity index (χ1v) is 5.32. The van der Waals surface area contributed by atoms with Crippen molar-refractivity contribution in [3.8, 4) is 5.75 Å². The Bertz CT molecular complexity index is 443. The number of ether oxygens (including phenoxy) is 1. The fourth-order valence-corrected chi connectivity index (χ4v) is 1.49. The van der Waals surface area contributed by atoms with Crippen LogP contribution in [0.25, 0.3) is 0 Å². The molecule has 1 saturated heterocycles. The van der Waals surface area contributed by atoms with Crippen molar-refractivity contribution in [1.82, 2.24) is 4.90 Å². The highest BCUT2D eigenvalue weighted by atomic mass is 16.6. The summed E-state index contributed by atoms with van der Waals surface area (Å²) in [7, 11) is 0. The quantitative estimate of drug-likeness (QED) is 0.581. The van der Waals surface area contributed by atoms with E-state index in [2.05, 4.69) is 0 Å². The first-order valence-electron chi connectivity index (χ1n) is 5.32. The summed E-state index contributed by atoms with van der Waals surface area (Å²) in [5.74, 6) is 0.260.